The average Bonchev–Trinajstić information content (AvgIpc) is 3.34. The molecular weight excluding hydrogens is 262 g/mol. The van der Waals surface area contributed by atoms with Crippen molar-refractivity contribution in [3.8, 4) is 5.75 Å². The van der Waals surface area contributed by atoms with E-state index in [0.717, 1.165) is 31.9 Å². The lowest BCUT2D eigenvalue weighted by atomic mass is 9.88. The highest BCUT2D eigenvalue weighted by molar-refractivity contribution is 5.30. The molecule has 3 nitrogen and oxygen atoms in total. The predicted molar refractivity (Wildman–Crippen MR) is 84.7 cm³/mol. The first-order chi connectivity index (χ1) is 10.4. The van der Waals surface area contributed by atoms with Crippen LogP contribution in [-0.4, -0.2) is 25.9 Å². The Hall–Kier alpha value is -1.06. The monoisotopic (exact) mass is 289 g/mol. The summed E-state index contributed by atoms with van der Waals surface area (Å²) in [6.45, 7) is 5.07. The van der Waals surface area contributed by atoms with Crippen molar-refractivity contribution in [2.45, 2.75) is 51.2 Å². The van der Waals surface area contributed by atoms with Crippen LogP contribution in [0.25, 0.3) is 0 Å². The molecule has 0 bridgehead atoms. The van der Waals surface area contributed by atoms with Gasteiger partial charge in [-0.05, 0) is 56.3 Å². The second-order valence-corrected chi connectivity index (χ2v) is 6.30. The van der Waals surface area contributed by atoms with E-state index in [9.17, 15) is 0 Å². The lowest BCUT2D eigenvalue weighted by Crippen LogP contribution is -2.33. The van der Waals surface area contributed by atoms with Gasteiger partial charge in [0.05, 0.1) is 12.7 Å². The number of benzene rings is 1. The van der Waals surface area contributed by atoms with E-state index in [2.05, 4.69) is 36.5 Å². The number of rotatable bonds is 7. The first kappa shape index (κ1) is 14.9. The normalized spacial score (nSPS) is 23.8. The highest BCUT2D eigenvalue weighted by Gasteiger charge is 2.26. The van der Waals surface area contributed by atoms with Crippen LogP contribution >= 0.6 is 0 Å². The highest BCUT2D eigenvalue weighted by Crippen LogP contribution is 2.31. The molecule has 0 spiro atoms. The molecule has 0 amide bonds. The first-order valence-corrected chi connectivity index (χ1v) is 8.44. The fourth-order valence-corrected chi connectivity index (χ4v) is 3.02. The lowest BCUT2D eigenvalue weighted by molar-refractivity contribution is 0.0390. The van der Waals surface area contributed by atoms with Crippen molar-refractivity contribution in [3.63, 3.8) is 0 Å². The minimum atomic E-state index is 0.403. The Morgan fingerprint density at radius 3 is 2.67 bits per heavy atom. The molecular formula is C18H27NO2. The van der Waals surface area contributed by atoms with Gasteiger partial charge in [-0.2, -0.15) is 0 Å². The second kappa shape index (κ2) is 7.28. The average molecular weight is 289 g/mol. The summed E-state index contributed by atoms with van der Waals surface area (Å²) < 4.78 is 11.5. The molecule has 1 N–H and O–H groups in total. The molecule has 0 aromatic heterocycles. The summed E-state index contributed by atoms with van der Waals surface area (Å²) in [4.78, 5) is 0. The molecule has 2 unspecified atom stereocenters. The minimum absolute atomic E-state index is 0.403. The molecule has 1 aliphatic carbocycles. The van der Waals surface area contributed by atoms with E-state index in [4.69, 9.17) is 9.47 Å². The van der Waals surface area contributed by atoms with Crippen molar-refractivity contribution in [2.75, 3.05) is 19.8 Å². The molecule has 1 aromatic rings. The molecule has 1 aliphatic heterocycles. The quantitative estimate of drug-likeness (QED) is 0.830. The van der Waals surface area contributed by atoms with Gasteiger partial charge in [-0.25, -0.2) is 0 Å². The molecule has 0 radical (unpaired) electrons. The van der Waals surface area contributed by atoms with Crippen molar-refractivity contribution in [1.82, 2.24) is 5.32 Å². The molecule has 3 heteroatoms. The fourth-order valence-electron chi connectivity index (χ4n) is 3.02. The zero-order valence-corrected chi connectivity index (χ0v) is 13.0. The van der Waals surface area contributed by atoms with Crippen LogP contribution in [-0.2, 0) is 4.74 Å². The van der Waals surface area contributed by atoms with Gasteiger partial charge in [-0.1, -0.05) is 19.1 Å². The molecule has 1 saturated carbocycles. The van der Waals surface area contributed by atoms with Crippen molar-refractivity contribution >= 4 is 0 Å². The topological polar surface area (TPSA) is 30.5 Å². The number of ether oxygens (including phenoxy) is 2. The van der Waals surface area contributed by atoms with Crippen LogP contribution in [0.15, 0.2) is 24.3 Å². The maximum atomic E-state index is 5.84. The van der Waals surface area contributed by atoms with Gasteiger partial charge in [0.15, 0.2) is 0 Å². The van der Waals surface area contributed by atoms with Gasteiger partial charge in [-0.15, -0.1) is 0 Å². The summed E-state index contributed by atoms with van der Waals surface area (Å²) in [5, 5.41) is 3.71. The Balaban J connectivity index is 1.67. The Kier molecular flexibility index (Phi) is 5.15. The largest absolute Gasteiger partial charge is 0.490 e. The summed E-state index contributed by atoms with van der Waals surface area (Å²) >= 11 is 0. The zero-order chi connectivity index (χ0) is 14.5. The number of nitrogens with one attached hydrogen (secondary N) is 1. The van der Waals surface area contributed by atoms with Crippen LogP contribution in [0.2, 0.25) is 0 Å². The van der Waals surface area contributed by atoms with Crippen LogP contribution in [0.3, 0.4) is 0 Å². The maximum Gasteiger partial charge on any atom is 0.119 e. The summed E-state index contributed by atoms with van der Waals surface area (Å²) in [5.41, 5.74) is 1.36. The van der Waals surface area contributed by atoms with Crippen LogP contribution < -0.4 is 10.1 Å². The molecule has 1 heterocycles. The third-order valence-corrected chi connectivity index (χ3v) is 4.35. The fraction of sp³-hybridized carbons (Fsp3) is 0.667. The summed E-state index contributed by atoms with van der Waals surface area (Å²) in [6.07, 6.45) is 6.48. The van der Waals surface area contributed by atoms with E-state index in [1.165, 1.54) is 31.2 Å². The smallest absolute Gasteiger partial charge is 0.119 e. The molecule has 1 saturated heterocycles. The zero-order valence-electron chi connectivity index (χ0n) is 13.0. The predicted octanol–water partition coefficient (Wildman–Crippen LogP) is 3.70. The highest BCUT2D eigenvalue weighted by atomic mass is 16.5. The van der Waals surface area contributed by atoms with E-state index in [1.54, 1.807) is 0 Å². The lowest BCUT2D eigenvalue weighted by Gasteiger charge is -2.31. The van der Waals surface area contributed by atoms with E-state index in [-0.39, 0.29) is 0 Å². The Morgan fingerprint density at radius 2 is 2.05 bits per heavy atom. The van der Waals surface area contributed by atoms with Crippen LogP contribution in [0.1, 0.15) is 50.6 Å². The summed E-state index contributed by atoms with van der Waals surface area (Å²) in [7, 11) is 0. The van der Waals surface area contributed by atoms with Crippen molar-refractivity contribution in [1.29, 1.82) is 0 Å². The van der Waals surface area contributed by atoms with Crippen molar-refractivity contribution < 1.29 is 9.47 Å². The van der Waals surface area contributed by atoms with Gasteiger partial charge in [0, 0.05) is 18.6 Å². The van der Waals surface area contributed by atoms with Gasteiger partial charge in [-0.3, -0.25) is 0 Å². The Labute approximate surface area is 128 Å². The maximum absolute atomic E-state index is 5.84. The van der Waals surface area contributed by atoms with Crippen molar-refractivity contribution in [2.24, 2.45) is 5.92 Å². The first-order valence-electron chi connectivity index (χ1n) is 8.44. The van der Waals surface area contributed by atoms with Crippen molar-refractivity contribution in [3.05, 3.63) is 29.8 Å². The third-order valence-electron chi connectivity index (χ3n) is 4.35. The Bertz CT molecular complexity index is 421. The van der Waals surface area contributed by atoms with Gasteiger partial charge in [0.1, 0.15) is 5.75 Å². The van der Waals surface area contributed by atoms with Crippen LogP contribution in [0.5, 0.6) is 5.75 Å². The molecule has 21 heavy (non-hydrogen) atoms. The van der Waals surface area contributed by atoms with Gasteiger partial charge >= 0.3 is 0 Å². The number of hydrogen-bond donors (Lipinski definition) is 1. The van der Waals surface area contributed by atoms with E-state index >= 15 is 0 Å². The molecule has 2 aliphatic rings. The molecule has 2 fully saturated rings. The number of hydrogen-bond acceptors (Lipinski definition) is 3. The van der Waals surface area contributed by atoms with E-state index < -0.39 is 0 Å². The SMILES string of the molecule is CCCNC(c1ccc(OC2CC2)cc1)C1CCCOC1. The van der Waals surface area contributed by atoms with Crippen LogP contribution in [0.4, 0.5) is 0 Å². The van der Waals surface area contributed by atoms with E-state index in [0.29, 0.717) is 18.1 Å². The summed E-state index contributed by atoms with van der Waals surface area (Å²) in [6, 6.07) is 9.09. The second-order valence-electron chi connectivity index (χ2n) is 6.30. The third kappa shape index (κ3) is 4.21. The Morgan fingerprint density at radius 1 is 1.24 bits per heavy atom. The molecule has 1 aromatic carbocycles. The van der Waals surface area contributed by atoms with Gasteiger partial charge in [0.2, 0.25) is 0 Å². The van der Waals surface area contributed by atoms with Gasteiger partial charge in [0.25, 0.3) is 0 Å². The molecule has 116 valence electrons. The van der Waals surface area contributed by atoms with E-state index in [1.807, 2.05) is 0 Å². The van der Waals surface area contributed by atoms with Gasteiger partial charge < -0.3 is 14.8 Å². The minimum Gasteiger partial charge on any atom is -0.490 e. The summed E-state index contributed by atoms with van der Waals surface area (Å²) in [5.74, 6) is 1.59. The molecule has 3 rings (SSSR count). The van der Waals surface area contributed by atoms with Crippen LogP contribution in [0, 0.1) is 5.92 Å². The standard InChI is InChI=1S/C18H27NO2/c1-2-11-19-18(15-4-3-12-20-13-15)14-5-7-16(8-6-14)21-17-9-10-17/h5-8,15,17-19H,2-4,9-13H2,1H3. The molecule has 2 atom stereocenters.